The Morgan fingerprint density at radius 1 is 0.706 bits per heavy atom. The van der Waals surface area contributed by atoms with Crippen LogP contribution >= 0.6 is 0 Å². The van der Waals surface area contributed by atoms with E-state index in [9.17, 15) is 33.6 Å². The minimum Gasteiger partial charge on any atom is -0.423 e. The number of aliphatic imine (C=N–C) groups is 1. The highest BCUT2D eigenvalue weighted by Gasteiger charge is 2.43. The van der Waals surface area contributed by atoms with Gasteiger partial charge in [-0.2, -0.15) is 0 Å². The summed E-state index contributed by atoms with van der Waals surface area (Å²) in [6.45, 7) is 8.21. The van der Waals surface area contributed by atoms with E-state index in [-0.39, 0.29) is 68.4 Å². The van der Waals surface area contributed by atoms with Crippen molar-refractivity contribution in [3.8, 4) is 5.75 Å². The van der Waals surface area contributed by atoms with Crippen LogP contribution < -0.4 is 32.2 Å². The molecule has 7 N–H and O–H groups in total. The minimum absolute atomic E-state index is 0.0327. The Balaban J connectivity index is 1.30. The zero-order chi connectivity index (χ0) is 49.0. The van der Waals surface area contributed by atoms with Crippen molar-refractivity contribution in [2.75, 3.05) is 32.7 Å². The third-order valence-corrected chi connectivity index (χ3v) is 13.0. The number of benzene rings is 2. The van der Waals surface area contributed by atoms with E-state index in [0.29, 0.717) is 75.0 Å². The number of hydrogen-bond acceptors (Lipinski definition) is 9. The molecule has 3 fully saturated rings. The molecule has 3 saturated heterocycles. The zero-order valence-corrected chi connectivity index (χ0v) is 40.4. The zero-order valence-electron chi connectivity index (χ0n) is 40.4. The van der Waals surface area contributed by atoms with Crippen molar-refractivity contribution in [1.29, 1.82) is 0 Å². The monoisotopic (exact) mass is 942 g/mol. The van der Waals surface area contributed by atoms with E-state index in [1.54, 1.807) is 59.5 Å². The molecular formula is C51H75N9O8. The summed E-state index contributed by atoms with van der Waals surface area (Å²) in [6.07, 6.45) is 10.9. The first-order valence-electron chi connectivity index (χ1n) is 25.0. The van der Waals surface area contributed by atoms with Gasteiger partial charge in [-0.25, -0.2) is 4.79 Å². The number of hydrogen-bond donors (Lipinski definition) is 5. The lowest BCUT2D eigenvalue weighted by Crippen LogP contribution is -2.59. The molecule has 0 saturated carbocycles. The van der Waals surface area contributed by atoms with Crippen molar-refractivity contribution in [2.24, 2.45) is 22.4 Å². The van der Waals surface area contributed by atoms with Gasteiger partial charge in [0.2, 0.25) is 35.4 Å². The Bertz CT molecular complexity index is 2020. The number of nitrogens with one attached hydrogen (secondary N) is 3. The molecular weight excluding hydrogens is 867 g/mol. The first-order valence-corrected chi connectivity index (χ1v) is 25.0. The third kappa shape index (κ3) is 16.1. The smallest absolute Gasteiger partial charge is 0.343 e. The Morgan fingerprint density at radius 2 is 1.35 bits per heavy atom. The molecule has 2 aromatic rings. The molecule has 0 spiro atoms. The van der Waals surface area contributed by atoms with Gasteiger partial charge in [0.15, 0.2) is 5.96 Å². The van der Waals surface area contributed by atoms with Gasteiger partial charge in [-0.05, 0) is 106 Å². The SMILES string of the molecule is CCCCCCCC(=O)N[C@@H](Cc1ccc(OC(=O)c2ccccc2)cc1)C(=O)N[C@@H](CC(C)C)C(=O)N1CCC[C@H]1C(=O)N[C@@H](CCCN=C(N)N)C(=O)N1CCC[C@H]1C(=O)N1CCCCC1. The average Bonchev–Trinajstić information content (AvgIpc) is 4.04. The summed E-state index contributed by atoms with van der Waals surface area (Å²) in [7, 11) is 0. The lowest BCUT2D eigenvalue weighted by atomic mass is 10.00. The Labute approximate surface area is 401 Å². The van der Waals surface area contributed by atoms with Crippen LogP contribution in [0.25, 0.3) is 0 Å². The van der Waals surface area contributed by atoms with Crippen LogP contribution in [0.4, 0.5) is 0 Å². The van der Waals surface area contributed by atoms with E-state index in [2.05, 4.69) is 27.9 Å². The number of nitrogens with zero attached hydrogens (tertiary/aromatic N) is 4. The van der Waals surface area contributed by atoms with Gasteiger partial charge < -0.3 is 46.9 Å². The van der Waals surface area contributed by atoms with Crippen LogP contribution in [0.1, 0.15) is 139 Å². The van der Waals surface area contributed by atoms with Crippen molar-refractivity contribution in [3.05, 3.63) is 65.7 Å². The van der Waals surface area contributed by atoms with Gasteiger partial charge in [-0.3, -0.25) is 33.8 Å². The van der Waals surface area contributed by atoms with E-state index in [4.69, 9.17) is 16.2 Å². The molecule has 372 valence electrons. The molecule has 68 heavy (non-hydrogen) atoms. The van der Waals surface area contributed by atoms with Gasteiger partial charge in [-0.15, -0.1) is 0 Å². The summed E-state index contributed by atoms with van der Waals surface area (Å²) in [5.74, 6) is -2.48. The largest absolute Gasteiger partial charge is 0.423 e. The highest BCUT2D eigenvalue weighted by molar-refractivity contribution is 5.97. The molecule has 0 radical (unpaired) electrons. The Morgan fingerprint density at radius 3 is 2.01 bits per heavy atom. The number of guanidine groups is 1. The van der Waals surface area contributed by atoms with Crippen LogP contribution in [0.3, 0.4) is 0 Å². The molecule has 3 heterocycles. The van der Waals surface area contributed by atoms with Crippen molar-refractivity contribution >= 4 is 47.4 Å². The van der Waals surface area contributed by atoms with Crippen molar-refractivity contribution in [1.82, 2.24) is 30.7 Å². The fourth-order valence-electron chi connectivity index (χ4n) is 9.34. The van der Waals surface area contributed by atoms with Crippen LogP contribution in [0, 0.1) is 5.92 Å². The molecule has 5 rings (SSSR count). The molecule has 17 nitrogen and oxygen atoms in total. The quantitative estimate of drug-likeness (QED) is 0.0328. The first-order chi connectivity index (χ1) is 32.7. The molecule has 0 bridgehead atoms. The molecule has 2 aromatic carbocycles. The van der Waals surface area contributed by atoms with Gasteiger partial charge in [0, 0.05) is 45.6 Å². The molecule has 6 amide bonds. The highest BCUT2D eigenvalue weighted by Crippen LogP contribution is 2.25. The second-order valence-corrected chi connectivity index (χ2v) is 18.9. The lowest BCUT2D eigenvalue weighted by Gasteiger charge is -2.35. The number of piperidine rings is 1. The van der Waals surface area contributed by atoms with Gasteiger partial charge in [-0.1, -0.05) is 76.8 Å². The normalized spacial score (nSPS) is 18.3. The molecule has 3 aliphatic rings. The maximum Gasteiger partial charge on any atom is 0.343 e. The maximum atomic E-state index is 14.6. The van der Waals surface area contributed by atoms with E-state index < -0.39 is 53.9 Å². The van der Waals surface area contributed by atoms with E-state index in [1.165, 1.54) is 4.90 Å². The van der Waals surface area contributed by atoms with Gasteiger partial charge >= 0.3 is 5.97 Å². The fourth-order valence-corrected chi connectivity index (χ4v) is 9.34. The van der Waals surface area contributed by atoms with Crippen LogP contribution in [-0.4, -0.2) is 125 Å². The van der Waals surface area contributed by atoms with Crippen molar-refractivity contribution in [2.45, 2.75) is 160 Å². The third-order valence-electron chi connectivity index (χ3n) is 13.0. The number of unbranched alkanes of at least 4 members (excludes halogenated alkanes) is 4. The van der Waals surface area contributed by atoms with E-state index in [0.717, 1.165) is 44.9 Å². The van der Waals surface area contributed by atoms with Crippen LogP contribution in [0.15, 0.2) is 59.6 Å². The average molecular weight is 942 g/mol. The minimum atomic E-state index is -1.04. The summed E-state index contributed by atoms with van der Waals surface area (Å²) < 4.78 is 5.55. The molecule has 5 atom stereocenters. The number of amides is 6. The second kappa shape index (κ2) is 27.1. The molecule has 0 aromatic heterocycles. The first kappa shape index (κ1) is 53.0. The predicted octanol–water partition coefficient (Wildman–Crippen LogP) is 4.36. The van der Waals surface area contributed by atoms with Crippen molar-refractivity contribution in [3.63, 3.8) is 0 Å². The standard InChI is InChI=1S/C51H75N9O8/c1-4-5-6-7-12-23-44(61)55-40(34-36-24-26-38(27-25-36)68-50(67)37-18-10-8-11-19-37)45(62)57-41(33-35(2)3)48(65)59-31-16-21-42(59)46(63)56-39(20-15-28-54-51(52)53)47(64)60-32-17-22-43(60)49(66)58-29-13-9-14-30-58/h8,10-11,18-19,24-27,35,39-43H,4-7,9,12-17,20-23,28-34H2,1-3H3,(H,55,61)(H,56,63)(H,57,62)(H4,52,53,54)/t39-,40-,41-,42-,43-/m0/s1. The lowest BCUT2D eigenvalue weighted by molar-refractivity contribution is -0.147. The van der Waals surface area contributed by atoms with Gasteiger partial charge in [0.25, 0.3) is 0 Å². The summed E-state index contributed by atoms with van der Waals surface area (Å²) in [5.41, 5.74) is 12.2. The topological polar surface area (TPSA) is 239 Å². The number of rotatable bonds is 24. The summed E-state index contributed by atoms with van der Waals surface area (Å²) in [4.78, 5) is 106. The van der Waals surface area contributed by atoms with Crippen molar-refractivity contribution < 1.29 is 38.3 Å². The molecule has 17 heteroatoms. The second-order valence-electron chi connectivity index (χ2n) is 18.9. The number of nitrogens with two attached hydrogens (primary N) is 2. The molecule has 0 aliphatic carbocycles. The van der Waals surface area contributed by atoms with Gasteiger partial charge in [0.05, 0.1) is 5.56 Å². The summed E-state index contributed by atoms with van der Waals surface area (Å²) >= 11 is 0. The number of ether oxygens (including phenoxy) is 1. The predicted molar refractivity (Wildman–Crippen MR) is 260 cm³/mol. The maximum absolute atomic E-state index is 14.6. The number of esters is 1. The van der Waals surface area contributed by atoms with E-state index in [1.807, 2.05) is 18.7 Å². The summed E-state index contributed by atoms with van der Waals surface area (Å²) in [6, 6.07) is 10.8. The summed E-state index contributed by atoms with van der Waals surface area (Å²) in [5, 5.41) is 8.84. The van der Waals surface area contributed by atoms with Gasteiger partial charge in [0.1, 0.15) is 36.0 Å². The van der Waals surface area contributed by atoms with E-state index >= 15 is 0 Å². The molecule has 0 unspecified atom stereocenters. The number of carbonyl (C=O) groups excluding carboxylic acids is 7. The number of likely N-dealkylation sites (tertiary alicyclic amines) is 3. The van der Waals surface area contributed by atoms with Crippen LogP contribution in [0.5, 0.6) is 5.75 Å². The Kier molecular flexibility index (Phi) is 21.1. The van der Waals surface area contributed by atoms with Crippen LogP contribution in [-0.2, 0) is 35.2 Å². The Hall–Kier alpha value is -6.00. The molecule has 3 aliphatic heterocycles. The number of carbonyl (C=O) groups is 7. The van der Waals surface area contributed by atoms with Crippen LogP contribution in [0.2, 0.25) is 0 Å². The fraction of sp³-hybridized carbons (Fsp3) is 0.608. The highest BCUT2D eigenvalue weighted by atomic mass is 16.5.